The average molecular weight is 395 g/mol. The lowest BCUT2D eigenvalue weighted by Crippen LogP contribution is -2.42. The first-order valence-corrected chi connectivity index (χ1v) is 8.89. The molecule has 11 nitrogen and oxygen atoms in total. The molecule has 0 aliphatic carbocycles. The maximum absolute atomic E-state index is 10.6. The number of unbranched alkanes of at least 4 members (excludes halogenated alkanes) is 1. The van der Waals surface area contributed by atoms with Crippen LogP contribution in [0.3, 0.4) is 0 Å². The predicted octanol–water partition coefficient (Wildman–Crippen LogP) is -1.11. The molecule has 0 aliphatic rings. The van der Waals surface area contributed by atoms with Gasteiger partial charge in [-0.05, 0) is 13.0 Å². The third-order valence-corrected chi connectivity index (χ3v) is 3.14. The van der Waals surface area contributed by atoms with Crippen LogP contribution in [0.4, 0.5) is 0 Å². The molecule has 0 saturated heterocycles. The normalized spacial score (nSPS) is 13.4. The maximum atomic E-state index is 10.6. The van der Waals surface area contributed by atoms with E-state index < -0.39 is 24.1 Å². The van der Waals surface area contributed by atoms with Crippen LogP contribution in [-0.2, 0) is 28.7 Å². The Morgan fingerprint density at radius 3 is 1.74 bits per heavy atom. The zero-order valence-corrected chi connectivity index (χ0v) is 16.3. The van der Waals surface area contributed by atoms with Crippen LogP contribution in [0, 0.1) is 0 Å². The van der Waals surface area contributed by atoms with Gasteiger partial charge < -0.3 is 29.4 Å². The number of carbonyl (C=O) groups excluding carboxylic acids is 2. The van der Waals surface area contributed by atoms with E-state index in [4.69, 9.17) is 9.47 Å². The molecule has 2 unspecified atom stereocenters. The van der Waals surface area contributed by atoms with Crippen LogP contribution in [0.15, 0.2) is 0 Å². The molecule has 0 fully saturated rings. The zero-order chi connectivity index (χ0) is 20.5. The van der Waals surface area contributed by atoms with Crippen LogP contribution in [-0.4, -0.2) is 85.6 Å². The molecule has 2 atom stereocenters. The van der Waals surface area contributed by atoms with Gasteiger partial charge in [0.2, 0.25) is 0 Å². The number of ether oxygens (including phenoxy) is 2. The summed E-state index contributed by atoms with van der Waals surface area (Å²) >= 11 is 0. The van der Waals surface area contributed by atoms with Crippen molar-refractivity contribution in [3.63, 3.8) is 0 Å². The van der Waals surface area contributed by atoms with Crippen LogP contribution in [0.25, 0.3) is 0 Å². The van der Waals surface area contributed by atoms with Gasteiger partial charge in [0.1, 0.15) is 13.5 Å². The Morgan fingerprint density at radius 1 is 0.926 bits per heavy atom. The maximum Gasteiger partial charge on any atom is 0.321 e. The largest absolute Gasteiger partial charge is 0.389 e. The molecule has 0 aromatic carbocycles. The molecule has 0 aromatic rings. The highest BCUT2D eigenvalue weighted by Crippen LogP contribution is 2.01. The van der Waals surface area contributed by atoms with Gasteiger partial charge in [0.05, 0.1) is 25.4 Å². The molecular formula is C16H33N3O8. The first-order chi connectivity index (χ1) is 12.8. The number of hydrogen-bond donors (Lipinski definition) is 4. The molecule has 160 valence electrons. The summed E-state index contributed by atoms with van der Waals surface area (Å²) in [6, 6.07) is 0. The van der Waals surface area contributed by atoms with Crippen molar-refractivity contribution in [2.45, 2.75) is 45.8 Å². The summed E-state index contributed by atoms with van der Waals surface area (Å²) in [5.41, 5.74) is 4.62. The van der Waals surface area contributed by atoms with E-state index >= 15 is 0 Å². The molecule has 27 heavy (non-hydrogen) atoms. The summed E-state index contributed by atoms with van der Waals surface area (Å²) in [6.45, 7) is 5.96. The fourth-order valence-corrected chi connectivity index (χ4v) is 2.08. The minimum atomic E-state index is -0.764. The highest BCUT2D eigenvalue weighted by Gasteiger charge is 2.16. The van der Waals surface area contributed by atoms with Crippen molar-refractivity contribution in [3.05, 3.63) is 0 Å². The number of nitrogens with one attached hydrogen (secondary N) is 2. The summed E-state index contributed by atoms with van der Waals surface area (Å²) in [5.74, 6) is -0.965. The second-order valence-electron chi connectivity index (χ2n) is 5.93. The van der Waals surface area contributed by atoms with Crippen LogP contribution >= 0.6 is 0 Å². The van der Waals surface area contributed by atoms with Gasteiger partial charge in [-0.3, -0.25) is 14.5 Å². The lowest BCUT2D eigenvalue weighted by Gasteiger charge is -2.27. The Labute approximate surface area is 159 Å². The summed E-state index contributed by atoms with van der Waals surface area (Å²) < 4.78 is 10.3. The molecule has 0 radical (unpaired) electrons. The van der Waals surface area contributed by atoms with Crippen molar-refractivity contribution in [2.75, 3.05) is 46.3 Å². The van der Waals surface area contributed by atoms with E-state index in [0.717, 1.165) is 12.8 Å². The molecular weight excluding hydrogens is 362 g/mol. The first-order valence-electron chi connectivity index (χ1n) is 8.89. The topological polar surface area (TPSA) is 139 Å². The van der Waals surface area contributed by atoms with Crippen molar-refractivity contribution in [3.8, 4) is 0 Å². The molecule has 0 amide bonds. The van der Waals surface area contributed by atoms with Gasteiger partial charge in [0, 0.05) is 26.9 Å². The fourth-order valence-electron chi connectivity index (χ4n) is 2.08. The smallest absolute Gasteiger partial charge is 0.321 e. The molecule has 11 heteroatoms. The Bertz CT molecular complexity index is 368. The number of rotatable bonds is 17. The summed E-state index contributed by atoms with van der Waals surface area (Å²) in [4.78, 5) is 32.1. The molecule has 0 bridgehead atoms. The minimum absolute atomic E-state index is 0.0304. The van der Waals surface area contributed by atoms with Gasteiger partial charge in [-0.25, -0.2) is 0 Å². The van der Waals surface area contributed by atoms with E-state index in [1.807, 2.05) is 4.90 Å². The number of hydrogen-bond acceptors (Lipinski definition) is 11. The average Bonchev–Trinajstić information content (AvgIpc) is 2.58. The van der Waals surface area contributed by atoms with E-state index in [2.05, 4.69) is 27.6 Å². The van der Waals surface area contributed by atoms with Crippen LogP contribution in [0.1, 0.15) is 33.6 Å². The second kappa shape index (κ2) is 16.8. The molecule has 0 aromatic heterocycles. The van der Waals surface area contributed by atoms with Crippen molar-refractivity contribution in [1.82, 2.24) is 15.9 Å². The highest BCUT2D eigenvalue weighted by molar-refractivity contribution is 5.65. The summed E-state index contributed by atoms with van der Waals surface area (Å²) in [5, 5.41) is 20.1. The van der Waals surface area contributed by atoms with Gasteiger partial charge in [-0.2, -0.15) is 0 Å². The molecule has 4 N–H and O–H groups in total. The van der Waals surface area contributed by atoms with Gasteiger partial charge in [0.25, 0.3) is 0 Å². The number of carbonyl (C=O) groups is 2. The number of hydroxylamine groups is 2. The molecule has 0 aliphatic heterocycles. The van der Waals surface area contributed by atoms with Crippen molar-refractivity contribution in [2.24, 2.45) is 0 Å². The van der Waals surface area contributed by atoms with E-state index in [1.165, 1.54) is 13.8 Å². The lowest BCUT2D eigenvalue weighted by molar-refractivity contribution is -0.154. The van der Waals surface area contributed by atoms with Crippen LogP contribution < -0.4 is 11.0 Å². The monoisotopic (exact) mass is 395 g/mol. The Hall–Kier alpha value is -1.34. The Morgan fingerprint density at radius 2 is 1.37 bits per heavy atom. The molecule has 0 saturated carbocycles. The first kappa shape index (κ1) is 25.7. The van der Waals surface area contributed by atoms with Gasteiger partial charge >= 0.3 is 11.9 Å². The third-order valence-electron chi connectivity index (χ3n) is 3.14. The van der Waals surface area contributed by atoms with Crippen molar-refractivity contribution < 1.29 is 39.0 Å². The molecule has 0 spiro atoms. The second-order valence-corrected chi connectivity index (χ2v) is 5.93. The standard InChI is InChI=1S/C16H33N3O8/c1-4-5-6-19(7-15(22)9-24-11-17-26-13(2)20)8-16(23)10-25-12-18-27-14(3)21/h15-18,22-23H,4-12H2,1-3H3. The predicted molar refractivity (Wildman–Crippen MR) is 94.8 cm³/mol. The van der Waals surface area contributed by atoms with Gasteiger partial charge in [-0.15, -0.1) is 11.0 Å². The van der Waals surface area contributed by atoms with E-state index in [0.29, 0.717) is 19.6 Å². The van der Waals surface area contributed by atoms with E-state index in [9.17, 15) is 19.8 Å². The van der Waals surface area contributed by atoms with Gasteiger partial charge in [0.15, 0.2) is 0 Å². The van der Waals surface area contributed by atoms with Crippen molar-refractivity contribution in [1.29, 1.82) is 0 Å². The Balaban J connectivity index is 4.05. The highest BCUT2D eigenvalue weighted by atomic mass is 16.7. The third kappa shape index (κ3) is 17.8. The SMILES string of the molecule is CCCCN(CC(O)COCNOC(C)=O)CC(O)COCNOC(C)=O. The van der Waals surface area contributed by atoms with Crippen LogP contribution in [0.5, 0.6) is 0 Å². The molecule has 0 heterocycles. The fraction of sp³-hybridized carbons (Fsp3) is 0.875. The zero-order valence-electron chi connectivity index (χ0n) is 16.3. The van der Waals surface area contributed by atoms with Crippen LogP contribution in [0.2, 0.25) is 0 Å². The van der Waals surface area contributed by atoms with E-state index in [1.54, 1.807) is 0 Å². The van der Waals surface area contributed by atoms with E-state index in [-0.39, 0.29) is 26.7 Å². The molecule has 0 rings (SSSR count). The van der Waals surface area contributed by atoms with Gasteiger partial charge in [-0.1, -0.05) is 13.3 Å². The lowest BCUT2D eigenvalue weighted by atomic mass is 10.2. The number of nitrogens with zero attached hydrogens (tertiary/aromatic N) is 1. The van der Waals surface area contributed by atoms with Crippen molar-refractivity contribution >= 4 is 11.9 Å². The quantitative estimate of drug-likeness (QED) is 0.135. The summed E-state index contributed by atoms with van der Waals surface area (Å²) in [6.07, 6.45) is 0.372. The number of aliphatic hydroxyl groups excluding tert-OH is 2. The Kier molecular flexibility index (Phi) is 16.0. The minimum Gasteiger partial charge on any atom is -0.389 e. The number of aliphatic hydroxyl groups is 2. The summed E-state index contributed by atoms with van der Waals surface area (Å²) in [7, 11) is 0.